The number of hydrogen-bond donors (Lipinski definition) is 0. The van der Waals surface area contributed by atoms with Crippen molar-refractivity contribution in [3.8, 4) is 11.1 Å². The van der Waals surface area contributed by atoms with Gasteiger partial charge >= 0.3 is 0 Å². The fraction of sp³-hybridized carbons (Fsp3) is 0. The zero-order chi connectivity index (χ0) is 16.1. The van der Waals surface area contributed by atoms with E-state index in [9.17, 15) is 0 Å². The largest absolute Gasteiger partial charge is 0.134 e. The summed E-state index contributed by atoms with van der Waals surface area (Å²) in [7, 11) is 0. The van der Waals surface area contributed by atoms with Crippen LogP contribution in [-0.2, 0) is 0 Å². The molecule has 1 aromatic heterocycles. The van der Waals surface area contributed by atoms with Crippen molar-refractivity contribution in [1.29, 1.82) is 0 Å². The summed E-state index contributed by atoms with van der Waals surface area (Å²) >= 11 is 8.45. The Labute approximate surface area is 148 Å². The second-order valence-corrected chi connectivity index (χ2v) is 7.42. The predicted octanol–water partition coefficient (Wildman–Crippen LogP) is 7.53. The highest BCUT2D eigenvalue weighted by Crippen LogP contribution is 2.43. The Kier molecular flexibility index (Phi) is 3.12. The molecule has 0 bridgehead atoms. The number of fused-ring (bicyclic) bond motifs is 5. The molecule has 0 fully saturated rings. The normalized spacial score (nSPS) is 11.5. The summed E-state index contributed by atoms with van der Waals surface area (Å²) in [4.78, 5) is 0. The van der Waals surface area contributed by atoms with E-state index >= 15 is 0 Å². The molecule has 24 heavy (non-hydrogen) atoms. The molecule has 2 heteroatoms. The van der Waals surface area contributed by atoms with E-state index in [1.54, 1.807) is 0 Å². The van der Waals surface area contributed by atoms with Crippen molar-refractivity contribution in [3.05, 3.63) is 83.9 Å². The molecule has 0 aliphatic carbocycles. The maximum Gasteiger partial charge on any atom is 0.0505 e. The molecule has 0 aliphatic rings. The van der Waals surface area contributed by atoms with Gasteiger partial charge in [-0.2, -0.15) is 0 Å². The Hall–Kier alpha value is -2.35. The summed E-state index contributed by atoms with van der Waals surface area (Å²) in [6, 6.07) is 27.7. The molecule has 5 aromatic rings. The van der Waals surface area contributed by atoms with E-state index < -0.39 is 0 Å². The molecule has 1 heterocycles. The smallest absolute Gasteiger partial charge is 0.0505 e. The maximum absolute atomic E-state index is 6.62. The summed E-state index contributed by atoms with van der Waals surface area (Å²) in [5.74, 6) is 0. The SMILES string of the molecule is Clc1cc2ccccc2c2sc3cc(-c4ccccc4)ccc3c12. The van der Waals surface area contributed by atoms with Gasteiger partial charge in [-0.25, -0.2) is 0 Å². The van der Waals surface area contributed by atoms with E-state index in [0.29, 0.717) is 0 Å². The highest BCUT2D eigenvalue weighted by molar-refractivity contribution is 7.26. The van der Waals surface area contributed by atoms with E-state index in [0.717, 1.165) is 5.02 Å². The van der Waals surface area contributed by atoms with Crippen LogP contribution in [0.4, 0.5) is 0 Å². The van der Waals surface area contributed by atoms with Crippen molar-refractivity contribution in [2.24, 2.45) is 0 Å². The van der Waals surface area contributed by atoms with Crippen molar-refractivity contribution < 1.29 is 0 Å². The Morgan fingerprint density at radius 3 is 2.33 bits per heavy atom. The van der Waals surface area contributed by atoms with Crippen molar-refractivity contribution in [2.75, 3.05) is 0 Å². The van der Waals surface area contributed by atoms with Gasteiger partial charge in [0.15, 0.2) is 0 Å². The second kappa shape index (κ2) is 5.34. The maximum atomic E-state index is 6.62. The minimum atomic E-state index is 0.836. The lowest BCUT2D eigenvalue weighted by molar-refractivity contribution is 1.66. The van der Waals surface area contributed by atoms with Crippen molar-refractivity contribution in [1.82, 2.24) is 0 Å². The van der Waals surface area contributed by atoms with Gasteiger partial charge in [0, 0.05) is 20.2 Å². The monoisotopic (exact) mass is 344 g/mol. The highest BCUT2D eigenvalue weighted by Gasteiger charge is 2.12. The molecule has 0 atom stereocenters. The number of halogens is 1. The Bertz CT molecular complexity index is 1200. The third kappa shape index (κ3) is 2.06. The van der Waals surface area contributed by atoms with Crippen LogP contribution in [0.5, 0.6) is 0 Å². The fourth-order valence-electron chi connectivity index (χ4n) is 3.37. The molecule has 4 aromatic carbocycles. The number of benzene rings is 4. The van der Waals surface area contributed by atoms with E-state index in [2.05, 4.69) is 72.8 Å². The zero-order valence-corrected chi connectivity index (χ0v) is 14.4. The average Bonchev–Trinajstić information content (AvgIpc) is 3.02. The fourth-order valence-corrected chi connectivity index (χ4v) is 5.05. The van der Waals surface area contributed by atoms with Crippen molar-refractivity contribution in [3.63, 3.8) is 0 Å². The topological polar surface area (TPSA) is 0 Å². The van der Waals surface area contributed by atoms with Gasteiger partial charge in [0.25, 0.3) is 0 Å². The van der Waals surface area contributed by atoms with Crippen molar-refractivity contribution in [2.45, 2.75) is 0 Å². The lowest BCUT2D eigenvalue weighted by atomic mass is 10.0. The molecule has 0 nitrogen and oxygen atoms in total. The lowest BCUT2D eigenvalue weighted by Gasteiger charge is -2.03. The number of hydrogen-bond acceptors (Lipinski definition) is 1. The van der Waals surface area contributed by atoms with Crippen LogP contribution < -0.4 is 0 Å². The van der Waals surface area contributed by atoms with Gasteiger partial charge in [-0.05, 0) is 34.0 Å². The quantitative estimate of drug-likeness (QED) is 0.295. The van der Waals surface area contributed by atoms with Gasteiger partial charge in [0.1, 0.15) is 0 Å². The number of thiophene rings is 1. The van der Waals surface area contributed by atoms with Crippen LogP contribution in [0.2, 0.25) is 5.02 Å². The average molecular weight is 345 g/mol. The van der Waals surface area contributed by atoms with Crippen LogP contribution in [0.3, 0.4) is 0 Å². The minimum Gasteiger partial charge on any atom is -0.134 e. The van der Waals surface area contributed by atoms with Gasteiger partial charge < -0.3 is 0 Å². The predicted molar refractivity (Wildman–Crippen MR) is 107 cm³/mol. The van der Waals surface area contributed by atoms with Crippen LogP contribution >= 0.6 is 22.9 Å². The van der Waals surface area contributed by atoms with Crippen LogP contribution in [-0.4, -0.2) is 0 Å². The van der Waals surface area contributed by atoms with Crippen molar-refractivity contribution >= 4 is 53.9 Å². The molecule has 0 amide bonds. The summed E-state index contributed by atoms with van der Waals surface area (Å²) in [6.45, 7) is 0. The number of rotatable bonds is 1. The van der Waals surface area contributed by atoms with E-state index in [4.69, 9.17) is 11.6 Å². The van der Waals surface area contributed by atoms with Crippen LogP contribution in [0.25, 0.3) is 42.1 Å². The molecule has 0 unspecified atom stereocenters. The van der Waals surface area contributed by atoms with Gasteiger partial charge in [-0.15, -0.1) is 11.3 Å². The highest BCUT2D eigenvalue weighted by atomic mass is 35.5. The first kappa shape index (κ1) is 14.0. The molecular weight excluding hydrogens is 332 g/mol. The molecule has 0 saturated heterocycles. The molecule has 0 radical (unpaired) electrons. The van der Waals surface area contributed by atoms with E-state index in [1.165, 1.54) is 42.1 Å². The zero-order valence-electron chi connectivity index (χ0n) is 12.8. The van der Waals surface area contributed by atoms with Gasteiger partial charge in [-0.3, -0.25) is 0 Å². The molecule has 0 aliphatic heterocycles. The Morgan fingerprint density at radius 2 is 1.46 bits per heavy atom. The molecule has 5 rings (SSSR count). The standard InChI is InChI=1S/C22H13ClS/c23-19-12-16-8-4-5-9-17(16)22-21(19)18-11-10-15(13-20(18)24-22)14-6-2-1-3-7-14/h1-13H. The van der Waals surface area contributed by atoms with E-state index in [-0.39, 0.29) is 0 Å². The minimum absolute atomic E-state index is 0.836. The summed E-state index contributed by atoms with van der Waals surface area (Å²) in [6.07, 6.45) is 0. The van der Waals surface area contributed by atoms with Crippen LogP contribution in [0.15, 0.2) is 78.9 Å². The first-order valence-corrected chi connectivity index (χ1v) is 9.10. The summed E-state index contributed by atoms with van der Waals surface area (Å²) < 4.78 is 2.56. The summed E-state index contributed by atoms with van der Waals surface area (Å²) in [5, 5.41) is 5.73. The van der Waals surface area contributed by atoms with Crippen LogP contribution in [0, 0.1) is 0 Å². The first-order chi connectivity index (χ1) is 11.8. The lowest BCUT2D eigenvalue weighted by Crippen LogP contribution is -1.77. The summed E-state index contributed by atoms with van der Waals surface area (Å²) in [5.41, 5.74) is 2.49. The molecule has 0 spiro atoms. The molecule has 114 valence electrons. The van der Waals surface area contributed by atoms with E-state index in [1.807, 2.05) is 17.4 Å². The second-order valence-electron chi connectivity index (χ2n) is 5.96. The van der Waals surface area contributed by atoms with Crippen LogP contribution in [0.1, 0.15) is 0 Å². The van der Waals surface area contributed by atoms with Gasteiger partial charge in [0.05, 0.1) is 5.02 Å². The Balaban J connectivity index is 1.87. The molecule has 0 N–H and O–H groups in total. The third-order valence-corrected chi connectivity index (χ3v) is 6.01. The Morgan fingerprint density at radius 1 is 0.667 bits per heavy atom. The third-order valence-electron chi connectivity index (χ3n) is 4.52. The molecular formula is C22H13ClS. The first-order valence-electron chi connectivity index (χ1n) is 7.90. The molecule has 0 saturated carbocycles. The van der Waals surface area contributed by atoms with Gasteiger partial charge in [-0.1, -0.05) is 78.3 Å². The van der Waals surface area contributed by atoms with Gasteiger partial charge in [0.2, 0.25) is 0 Å².